The fourth-order valence-electron chi connectivity index (χ4n) is 3.02. The molecule has 0 bridgehead atoms. The molecule has 2 saturated carbocycles. The molecule has 0 saturated heterocycles. The lowest BCUT2D eigenvalue weighted by molar-refractivity contribution is 0.146. The van der Waals surface area contributed by atoms with Crippen molar-refractivity contribution in [2.45, 2.75) is 56.5 Å². The van der Waals surface area contributed by atoms with Gasteiger partial charge >= 0.3 is 0 Å². The lowest BCUT2D eigenvalue weighted by Gasteiger charge is -2.36. The van der Waals surface area contributed by atoms with Crippen molar-refractivity contribution in [3.05, 3.63) is 0 Å². The van der Waals surface area contributed by atoms with Gasteiger partial charge in [0.2, 0.25) is 0 Å². The van der Waals surface area contributed by atoms with Crippen molar-refractivity contribution >= 4 is 0 Å². The standard InChI is InChI=1S/C13H23N3/c1-16(12-5-2-6-12)9-7-11-4-3-8-13(11,15)10-14/h11-12H,2-9,15H2,1H3. The van der Waals surface area contributed by atoms with Crippen LogP contribution in [0.3, 0.4) is 0 Å². The van der Waals surface area contributed by atoms with E-state index in [0.29, 0.717) is 5.92 Å². The Morgan fingerprint density at radius 3 is 2.69 bits per heavy atom. The van der Waals surface area contributed by atoms with Crippen molar-refractivity contribution in [1.82, 2.24) is 4.90 Å². The number of rotatable bonds is 4. The molecule has 2 aliphatic rings. The van der Waals surface area contributed by atoms with E-state index < -0.39 is 5.54 Å². The third kappa shape index (κ3) is 2.23. The van der Waals surface area contributed by atoms with Crippen LogP contribution in [0.5, 0.6) is 0 Å². The van der Waals surface area contributed by atoms with Crippen LogP contribution in [0.4, 0.5) is 0 Å². The number of nitriles is 1. The molecule has 0 heterocycles. The van der Waals surface area contributed by atoms with Crippen LogP contribution in [0.2, 0.25) is 0 Å². The SMILES string of the molecule is CN(CCC1CCCC1(N)C#N)C1CCC1. The summed E-state index contributed by atoms with van der Waals surface area (Å²) in [7, 11) is 2.21. The van der Waals surface area contributed by atoms with Crippen molar-refractivity contribution in [3.8, 4) is 6.07 Å². The minimum atomic E-state index is -0.527. The summed E-state index contributed by atoms with van der Waals surface area (Å²) in [4.78, 5) is 2.46. The van der Waals surface area contributed by atoms with E-state index in [1.165, 1.54) is 19.3 Å². The fourth-order valence-corrected chi connectivity index (χ4v) is 3.02. The molecule has 3 nitrogen and oxygen atoms in total. The molecule has 3 heteroatoms. The molecule has 0 aromatic carbocycles. The summed E-state index contributed by atoms with van der Waals surface area (Å²) in [5.74, 6) is 0.417. The highest BCUT2D eigenvalue weighted by molar-refractivity contribution is 5.12. The molecule has 2 rings (SSSR count). The van der Waals surface area contributed by atoms with Crippen molar-refractivity contribution in [1.29, 1.82) is 5.26 Å². The lowest BCUT2D eigenvalue weighted by Crippen LogP contribution is -2.44. The van der Waals surface area contributed by atoms with Gasteiger partial charge in [0.05, 0.1) is 6.07 Å². The van der Waals surface area contributed by atoms with Gasteiger partial charge in [-0.1, -0.05) is 12.8 Å². The molecule has 2 unspecified atom stereocenters. The normalized spacial score (nSPS) is 35.0. The molecule has 0 spiro atoms. The number of nitrogens with two attached hydrogens (primary N) is 1. The highest BCUT2D eigenvalue weighted by atomic mass is 15.1. The largest absolute Gasteiger partial charge is 0.313 e. The Bertz CT molecular complexity index is 279. The molecule has 2 fully saturated rings. The first-order chi connectivity index (χ1) is 7.65. The molecule has 16 heavy (non-hydrogen) atoms. The van der Waals surface area contributed by atoms with E-state index in [-0.39, 0.29) is 0 Å². The highest BCUT2D eigenvalue weighted by Crippen LogP contribution is 2.36. The Kier molecular flexibility index (Phi) is 3.51. The van der Waals surface area contributed by atoms with Crippen LogP contribution in [-0.2, 0) is 0 Å². The first kappa shape index (κ1) is 11.9. The topological polar surface area (TPSA) is 53.0 Å². The van der Waals surface area contributed by atoms with Crippen molar-refractivity contribution < 1.29 is 0 Å². The molecule has 90 valence electrons. The molecule has 0 amide bonds. The smallest absolute Gasteiger partial charge is 0.107 e. The van der Waals surface area contributed by atoms with E-state index in [4.69, 9.17) is 11.0 Å². The molecular weight excluding hydrogens is 198 g/mol. The zero-order chi connectivity index (χ0) is 11.6. The number of hydrogen-bond acceptors (Lipinski definition) is 3. The van der Waals surface area contributed by atoms with E-state index in [2.05, 4.69) is 18.0 Å². The Morgan fingerprint density at radius 2 is 2.12 bits per heavy atom. The fraction of sp³-hybridized carbons (Fsp3) is 0.923. The molecule has 2 atom stereocenters. The molecule has 2 aliphatic carbocycles. The van der Waals surface area contributed by atoms with Gasteiger partial charge in [-0.05, 0) is 51.6 Å². The predicted molar refractivity (Wildman–Crippen MR) is 64.8 cm³/mol. The van der Waals surface area contributed by atoms with Crippen LogP contribution >= 0.6 is 0 Å². The summed E-state index contributed by atoms with van der Waals surface area (Å²) >= 11 is 0. The molecule has 0 aliphatic heterocycles. The minimum Gasteiger partial charge on any atom is -0.313 e. The summed E-state index contributed by atoms with van der Waals surface area (Å²) in [6, 6.07) is 3.13. The average Bonchev–Trinajstić information content (AvgIpc) is 2.55. The van der Waals surface area contributed by atoms with Crippen LogP contribution in [-0.4, -0.2) is 30.1 Å². The van der Waals surface area contributed by atoms with E-state index in [0.717, 1.165) is 38.3 Å². The van der Waals surface area contributed by atoms with Gasteiger partial charge in [0.1, 0.15) is 5.54 Å². The lowest BCUT2D eigenvalue weighted by atomic mass is 9.86. The van der Waals surface area contributed by atoms with Gasteiger partial charge in [0.25, 0.3) is 0 Å². The van der Waals surface area contributed by atoms with Crippen LogP contribution in [0, 0.1) is 17.2 Å². The molecule has 0 aromatic rings. The van der Waals surface area contributed by atoms with Crippen LogP contribution in [0.15, 0.2) is 0 Å². The molecule has 2 N–H and O–H groups in total. The second-order valence-electron chi connectivity index (χ2n) is 5.60. The van der Waals surface area contributed by atoms with Gasteiger partial charge in [-0.3, -0.25) is 0 Å². The minimum absolute atomic E-state index is 0.417. The maximum Gasteiger partial charge on any atom is 0.107 e. The maximum atomic E-state index is 9.14. The predicted octanol–water partition coefficient (Wildman–Crippen LogP) is 1.88. The van der Waals surface area contributed by atoms with Crippen molar-refractivity contribution in [2.75, 3.05) is 13.6 Å². The Labute approximate surface area is 98.6 Å². The van der Waals surface area contributed by atoms with Gasteiger partial charge in [0, 0.05) is 6.04 Å². The third-order valence-electron chi connectivity index (χ3n) is 4.61. The van der Waals surface area contributed by atoms with Crippen LogP contribution in [0.25, 0.3) is 0 Å². The van der Waals surface area contributed by atoms with E-state index in [1.807, 2.05) is 0 Å². The first-order valence-electron chi connectivity index (χ1n) is 6.56. The van der Waals surface area contributed by atoms with Gasteiger partial charge in [-0.2, -0.15) is 5.26 Å². The monoisotopic (exact) mass is 221 g/mol. The van der Waals surface area contributed by atoms with Crippen LogP contribution in [0.1, 0.15) is 44.9 Å². The molecule has 0 aromatic heterocycles. The zero-order valence-corrected chi connectivity index (χ0v) is 10.3. The maximum absolute atomic E-state index is 9.14. The number of nitrogens with zero attached hydrogens (tertiary/aromatic N) is 2. The highest BCUT2D eigenvalue weighted by Gasteiger charge is 2.39. The van der Waals surface area contributed by atoms with Gasteiger partial charge < -0.3 is 10.6 Å². The van der Waals surface area contributed by atoms with Crippen molar-refractivity contribution in [3.63, 3.8) is 0 Å². The Morgan fingerprint density at radius 1 is 1.38 bits per heavy atom. The summed E-state index contributed by atoms with van der Waals surface area (Å²) in [6.07, 6.45) is 8.35. The number of hydrogen-bond donors (Lipinski definition) is 1. The summed E-state index contributed by atoms with van der Waals surface area (Å²) in [5.41, 5.74) is 5.60. The van der Waals surface area contributed by atoms with Gasteiger partial charge in [-0.15, -0.1) is 0 Å². The summed E-state index contributed by atoms with van der Waals surface area (Å²) < 4.78 is 0. The Hall–Kier alpha value is -0.590. The first-order valence-corrected chi connectivity index (χ1v) is 6.56. The quantitative estimate of drug-likeness (QED) is 0.788. The second-order valence-corrected chi connectivity index (χ2v) is 5.60. The van der Waals surface area contributed by atoms with Crippen molar-refractivity contribution in [2.24, 2.45) is 11.7 Å². The summed E-state index contributed by atoms with van der Waals surface area (Å²) in [5, 5.41) is 9.14. The van der Waals surface area contributed by atoms with E-state index in [9.17, 15) is 0 Å². The van der Waals surface area contributed by atoms with Gasteiger partial charge in [-0.25, -0.2) is 0 Å². The Balaban J connectivity index is 1.79. The summed E-state index contributed by atoms with van der Waals surface area (Å²) in [6.45, 7) is 1.11. The third-order valence-corrected chi connectivity index (χ3v) is 4.61. The van der Waals surface area contributed by atoms with Gasteiger partial charge in [0.15, 0.2) is 0 Å². The van der Waals surface area contributed by atoms with E-state index >= 15 is 0 Å². The second kappa shape index (κ2) is 4.73. The van der Waals surface area contributed by atoms with Crippen LogP contribution < -0.4 is 5.73 Å². The van der Waals surface area contributed by atoms with E-state index in [1.54, 1.807) is 0 Å². The molecule has 0 radical (unpaired) electrons. The average molecular weight is 221 g/mol. The molecular formula is C13H23N3. The zero-order valence-electron chi connectivity index (χ0n) is 10.3.